The number of nitrogens with one attached hydrogen (secondary N) is 2. The van der Waals surface area contributed by atoms with Crippen molar-refractivity contribution in [3.8, 4) is 0 Å². The lowest BCUT2D eigenvalue weighted by Gasteiger charge is -2.27. The number of anilines is 1. The van der Waals surface area contributed by atoms with Gasteiger partial charge in [0, 0.05) is 18.4 Å². The molecule has 0 spiro atoms. The van der Waals surface area contributed by atoms with E-state index in [2.05, 4.69) is 70.3 Å². The molecule has 2 aromatic rings. The second-order valence-electron chi connectivity index (χ2n) is 7.45. The predicted octanol–water partition coefficient (Wildman–Crippen LogP) is 4.35. The van der Waals surface area contributed by atoms with Gasteiger partial charge in [0.2, 0.25) is 0 Å². The highest BCUT2D eigenvalue weighted by molar-refractivity contribution is 5.65. The first-order chi connectivity index (χ1) is 12.4. The second-order valence-corrected chi connectivity index (χ2v) is 7.45. The Labute approximate surface area is 149 Å². The fourth-order valence-corrected chi connectivity index (χ4v) is 4.20. The summed E-state index contributed by atoms with van der Waals surface area (Å²) in [6.07, 6.45) is 7.32. The summed E-state index contributed by atoms with van der Waals surface area (Å²) in [5.41, 5.74) is 6.77. The number of hydrogen-bond donors (Lipinski definition) is 2. The van der Waals surface area contributed by atoms with Crippen LogP contribution in [0.5, 0.6) is 0 Å². The summed E-state index contributed by atoms with van der Waals surface area (Å²) in [6.45, 7) is 1.98. The van der Waals surface area contributed by atoms with Gasteiger partial charge in [-0.1, -0.05) is 36.4 Å². The lowest BCUT2D eigenvalue weighted by molar-refractivity contribution is 0.719. The van der Waals surface area contributed by atoms with Crippen LogP contribution in [-0.2, 0) is 0 Å². The molecule has 3 aliphatic rings. The average Bonchev–Trinajstić information content (AvgIpc) is 3.17. The smallest absolute Gasteiger partial charge is 0.0846 e. The molecular weight excluding hydrogens is 306 g/mol. The highest BCUT2D eigenvalue weighted by Gasteiger charge is 2.27. The van der Waals surface area contributed by atoms with E-state index in [-0.39, 0.29) is 0 Å². The predicted molar refractivity (Wildman–Crippen MR) is 103 cm³/mol. The van der Waals surface area contributed by atoms with Gasteiger partial charge in [0.1, 0.15) is 0 Å². The molecule has 1 aliphatic carbocycles. The largest absolute Gasteiger partial charge is 0.372 e. The zero-order valence-corrected chi connectivity index (χ0v) is 14.5. The van der Waals surface area contributed by atoms with Gasteiger partial charge < -0.3 is 15.5 Å². The zero-order valence-electron chi connectivity index (χ0n) is 14.5. The highest BCUT2D eigenvalue weighted by Crippen LogP contribution is 2.42. The van der Waals surface area contributed by atoms with Crippen LogP contribution in [-0.4, -0.2) is 13.2 Å². The van der Waals surface area contributed by atoms with Gasteiger partial charge in [0.15, 0.2) is 0 Å². The molecule has 1 atom stereocenters. The fourth-order valence-electron chi connectivity index (χ4n) is 4.20. The van der Waals surface area contributed by atoms with Crippen molar-refractivity contribution >= 4 is 11.4 Å². The van der Waals surface area contributed by atoms with E-state index in [1.807, 2.05) is 0 Å². The van der Waals surface area contributed by atoms with Gasteiger partial charge in [-0.25, -0.2) is 0 Å². The van der Waals surface area contributed by atoms with Gasteiger partial charge in [0.05, 0.1) is 18.4 Å². The monoisotopic (exact) mass is 331 g/mol. The van der Waals surface area contributed by atoms with E-state index in [0.29, 0.717) is 6.04 Å². The van der Waals surface area contributed by atoms with Crippen LogP contribution < -0.4 is 15.5 Å². The van der Waals surface area contributed by atoms with E-state index in [1.54, 1.807) is 0 Å². The zero-order chi connectivity index (χ0) is 16.6. The lowest BCUT2D eigenvalue weighted by Crippen LogP contribution is -2.22. The van der Waals surface area contributed by atoms with E-state index < -0.39 is 0 Å². The van der Waals surface area contributed by atoms with Crippen molar-refractivity contribution in [2.75, 3.05) is 18.1 Å². The van der Waals surface area contributed by atoms with Gasteiger partial charge in [-0.05, 0) is 60.4 Å². The Balaban J connectivity index is 1.36. The minimum atomic E-state index is 0.504. The van der Waals surface area contributed by atoms with E-state index in [4.69, 9.17) is 0 Å². The first-order valence-electron chi connectivity index (χ1n) is 9.53. The Morgan fingerprint density at radius 3 is 2.28 bits per heavy atom. The maximum Gasteiger partial charge on any atom is 0.0846 e. The number of hydrogen-bond acceptors (Lipinski definition) is 3. The van der Waals surface area contributed by atoms with E-state index in [1.165, 1.54) is 53.8 Å². The molecule has 3 heteroatoms. The number of benzene rings is 2. The Hall–Kier alpha value is -2.42. The minimum absolute atomic E-state index is 0.504. The third-order valence-electron chi connectivity index (χ3n) is 5.76. The summed E-state index contributed by atoms with van der Waals surface area (Å²) in [7, 11) is 0. The van der Waals surface area contributed by atoms with Crippen molar-refractivity contribution in [1.82, 2.24) is 10.6 Å². The third-order valence-corrected chi connectivity index (χ3v) is 5.76. The lowest BCUT2D eigenvalue weighted by atomic mass is 10.0. The van der Waals surface area contributed by atoms with E-state index >= 15 is 0 Å². The molecule has 2 heterocycles. The molecule has 0 radical (unpaired) electrons. The van der Waals surface area contributed by atoms with Gasteiger partial charge >= 0.3 is 0 Å². The van der Waals surface area contributed by atoms with Crippen LogP contribution in [0.15, 0.2) is 54.7 Å². The normalized spacial score (nSPS) is 22.5. The standard InChI is InChI=1S/C22H25N3/c1-2-22(19-7-5-18(6-8-19)21-14-23-15-24-21)25(13-1)20-11-9-17(10-12-20)16-3-4-16/h5-12,14,16,22-24H,1-4,13,15H2. The fraction of sp³-hybridized carbons (Fsp3) is 0.364. The first-order valence-corrected chi connectivity index (χ1v) is 9.53. The minimum Gasteiger partial charge on any atom is -0.372 e. The van der Waals surface area contributed by atoms with Crippen LogP contribution in [0.4, 0.5) is 5.69 Å². The summed E-state index contributed by atoms with van der Waals surface area (Å²) in [5.74, 6) is 0.837. The molecule has 3 nitrogen and oxygen atoms in total. The molecular formula is C22H25N3. The molecule has 25 heavy (non-hydrogen) atoms. The summed E-state index contributed by atoms with van der Waals surface area (Å²) < 4.78 is 0. The average molecular weight is 331 g/mol. The van der Waals surface area contributed by atoms with Crippen LogP contribution in [0, 0.1) is 0 Å². The molecule has 128 valence electrons. The molecule has 0 bridgehead atoms. The topological polar surface area (TPSA) is 27.3 Å². The molecule has 1 saturated heterocycles. The van der Waals surface area contributed by atoms with E-state index in [9.17, 15) is 0 Å². The highest BCUT2D eigenvalue weighted by atomic mass is 15.2. The summed E-state index contributed by atoms with van der Waals surface area (Å²) in [5, 5.41) is 6.56. The first kappa shape index (κ1) is 14.9. The van der Waals surface area contributed by atoms with Crippen molar-refractivity contribution in [3.05, 3.63) is 71.4 Å². The van der Waals surface area contributed by atoms with E-state index in [0.717, 1.165) is 19.1 Å². The third kappa shape index (κ3) is 2.88. The summed E-state index contributed by atoms with van der Waals surface area (Å²) in [6, 6.07) is 19.0. The molecule has 0 aromatic heterocycles. The van der Waals surface area contributed by atoms with Crippen molar-refractivity contribution in [1.29, 1.82) is 0 Å². The molecule has 5 rings (SSSR count). The Bertz CT molecular complexity index is 772. The van der Waals surface area contributed by atoms with Gasteiger partial charge in [-0.15, -0.1) is 0 Å². The van der Waals surface area contributed by atoms with Crippen molar-refractivity contribution in [2.45, 2.75) is 37.6 Å². The van der Waals surface area contributed by atoms with Crippen LogP contribution >= 0.6 is 0 Å². The van der Waals surface area contributed by atoms with Crippen LogP contribution in [0.2, 0.25) is 0 Å². The summed E-state index contributed by atoms with van der Waals surface area (Å²) >= 11 is 0. The Kier molecular flexibility index (Phi) is 3.66. The number of rotatable bonds is 4. The Morgan fingerprint density at radius 1 is 0.840 bits per heavy atom. The van der Waals surface area contributed by atoms with Gasteiger partial charge in [0.25, 0.3) is 0 Å². The maximum atomic E-state index is 3.36. The SMILES string of the molecule is C1=C(c2ccc(C3CCCN3c3ccc(C4CC4)cc3)cc2)NCN1. The Morgan fingerprint density at radius 2 is 1.60 bits per heavy atom. The van der Waals surface area contributed by atoms with Crippen LogP contribution in [0.3, 0.4) is 0 Å². The molecule has 0 amide bonds. The molecule has 2 aromatic carbocycles. The van der Waals surface area contributed by atoms with Crippen LogP contribution in [0.25, 0.3) is 5.70 Å². The molecule has 2 aliphatic heterocycles. The maximum absolute atomic E-state index is 3.36. The van der Waals surface area contributed by atoms with Gasteiger partial charge in [-0.3, -0.25) is 0 Å². The van der Waals surface area contributed by atoms with Crippen molar-refractivity contribution in [3.63, 3.8) is 0 Å². The second kappa shape index (κ2) is 6.14. The van der Waals surface area contributed by atoms with Crippen molar-refractivity contribution < 1.29 is 0 Å². The molecule has 2 N–H and O–H groups in total. The quantitative estimate of drug-likeness (QED) is 0.872. The molecule has 1 unspecified atom stereocenters. The van der Waals surface area contributed by atoms with Crippen LogP contribution in [0.1, 0.15) is 54.3 Å². The van der Waals surface area contributed by atoms with Crippen molar-refractivity contribution in [2.24, 2.45) is 0 Å². The molecule has 1 saturated carbocycles. The van der Waals surface area contributed by atoms with Gasteiger partial charge in [-0.2, -0.15) is 0 Å². The number of nitrogens with zero attached hydrogens (tertiary/aromatic N) is 1. The summed E-state index contributed by atoms with van der Waals surface area (Å²) in [4.78, 5) is 2.58. The molecule has 2 fully saturated rings.